The molecule has 2 saturated heterocycles. The van der Waals surface area contributed by atoms with Crippen molar-refractivity contribution in [1.82, 2.24) is 9.80 Å². The summed E-state index contributed by atoms with van der Waals surface area (Å²) in [6.07, 6.45) is 1.04. The summed E-state index contributed by atoms with van der Waals surface area (Å²) in [5.74, 6) is -0.612. The molecule has 8 heteroatoms. The van der Waals surface area contributed by atoms with Crippen LogP contribution in [0.1, 0.15) is 25.7 Å². The molecule has 0 unspecified atom stereocenters. The largest absolute Gasteiger partial charge is 0.469 e. The number of rotatable bonds is 4. The molecule has 2 rings (SSSR count). The zero-order valence-corrected chi connectivity index (χ0v) is 13.1. The Bertz CT molecular complexity index is 421. The number of piperidine rings is 1. The van der Waals surface area contributed by atoms with Gasteiger partial charge >= 0.3 is 12.1 Å². The zero-order valence-electron chi connectivity index (χ0n) is 12.3. The molecular formula is C13H21ClN2O5. The van der Waals surface area contributed by atoms with E-state index >= 15 is 0 Å². The number of hydrogen-bond donors (Lipinski definition) is 0. The van der Waals surface area contributed by atoms with Gasteiger partial charge < -0.3 is 14.4 Å². The molecule has 21 heavy (non-hydrogen) atoms. The highest BCUT2D eigenvalue weighted by Gasteiger charge is 2.54. The standard InChI is InChI=1S/C13H20N2O5.ClH/c1-14-8-5-13(6-9-14)11(17)15(12(18)20-13)7-3-4-10(16)19-2;/h3-9H2,1-2H3;1H. The number of methoxy groups -OCH3 is 1. The van der Waals surface area contributed by atoms with Crippen molar-refractivity contribution in [3.8, 4) is 0 Å². The Hall–Kier alpha value is -1.34. The minimum Gasteiger partial charge on any atom is -0.469 e. The third kappa shape index (κ3) is 3.65. The number of imide groups is 1. The van der Waals surface area contributed by atoms with E-state index < -0.39 is 11.7 Å². The quantitative estimate of drug-likeness (QED) is 0.713. The molecule has 0 N–H and O–H groups in total. The van der Waals surface area contributed by atoms with Gasteiger partial charge in [0, 0.05) is 38.9 Å². The van der Waals surface area contributed by atoms with Crippen LogP contribution in [0.3, 0.4) is 0 Å². The van der Waals surface area contributed by atoms with Crippen molar-refractivity contribution >= 4 is 30.4 Å². The number of likely N-dealkylation sites (tertiary alicyclic amines) is 1. The molecule has 0 aliphatic carbocycles. The van der Waals surface area contributed by atoms with Gasteiger partial charge in [-0.3, -0.25) is 9.59 Å². The molecule has 2 aliphatic rings. The van der Waals surface area contributed by atoms with Gasteiger partial charge in [0.15, 0.2) is 5.60 Å². The number of hydrogen-bond acceptors (Lipinski definition) is 6. The Morgan fingerprint density at radius 1 is 1.33 bits per heavy atom. The maximum atomic E-state index is 12.4. The van der Waals surface area contributed by atoms with E-state index in [1.54, 1.807) is 0 Å². The molecule has 120 valence electrons. The first-order valence-corrected chi connectivity index (χ1v) is 6.79. The lowest BCUT2D eigenvalue weighted by molar-refractivity contribution is -0.142. The van der Waals surface area contributed by atoms with Gasteiger partial charge in [-0.05, 0) is 13.5 Å². The first-order chi connectivity index (χ1) is 9.48. The van der Waals surface area contributed by atoms with Crippen molar-refractivity contribution < 1.29 is 23.9 Å². The van der Waals surface area contributed by atoms with E-state index in [0.29, 0.717) is 19.3 Å². The second-order valence-corrected chi connectivity index (χ2v) is 5.30. The van der Waals surface area contributed by atoms with Crippen LogP contribution in [-0.2, 0) is 19.1 Å². The molecule has 0 saturated carbocycles. The summed E-state index contributed by atoms with van der Waals surface area (Å²) in [5, 5.41) is 0. The number of nitrogens with zero attached hydrogens (tertiary/aromatic N) is 2. The van der Waals surface area contributed by atoms with Crippen molar-refractivity contribution in [3.63, 3.8) is 0 Å². The van der Waals surface area contributed by atoms with Crippen molar-refractivity contribution in [2.45, 2.75) is 31.3 Å². The molecule has 0 bridgehead atoms. The van der Waals surface area contributed by atoms with Gasteiger partial charge in [-0.25, -0.2) is 9.69 Å². The fourth-order valence-electron chi connectivity index (χ4n) is 2.57. The summed E-state index contributed by atoms with van der Waals surface area (Å²) in [6, 6.07) is 0. The molecule has 0 radical (unpaired) electrons. The fraction of sp³-hybridized carbons (Fsp3) is 0.769. The second-order valence-electron chi connectivity index (χ2n) is 5.30. The number of esters is 1. The minimum atomic E-state index is -0.977. The van der Waals surface area contributed by atoms with Crippen LogP contribution in [0.5, 0.6) is 0 Å². The summed E-state index contributed by atoms with van der Waals surface area (Å²) in [7, 11) is 3.29. The number of amides is 2. The van der Waals surface area contributed by atoms with E-state index in [0.717, 1.165) is 18.0 Å². The lowest BCUT2D eigenvalue weighted by Gasteiger charge is -2.33. The lowest BCUT2D eigenvalue weighted by atomic mass is 9.90. The average molecular weight is 321 g/mol. The normalized spacial score (nSPS) is 21.1. The summed E-state index contributed by atoms with van der Waals surface area (Å²) < 4.78 is 9.87. The summed E-state index contributed by atoms with van der Waals surface area (Å²) in [6.45, 7) is 1.66. The lowest BCUT2D eigenvalue weighted by Crippen LogP contribution is -2.49. The highest BCUT2D eigenvalue weighted by atomic mass is 35.5. The van der Waals surface area contributed by atoms with E-state index in [4.69, 9.17) is 4.74 Å². The predicted octanol–water partition coefficient (Wildman–Crippen LogP) is 0.805. The van der Waals surface area contributed by atoms with Gasteiger partial charge in [0.05, 0.1) is 7.11 Å². The molecule has 0 aromatic carbocycles. The van der Waals surface area contributed by atoms with Crippen LogP contribution in [0, 0.1) is 0 Å². The highest BCUT2D eigenvalue weighted by molar-refractivity contribution is 6.03. The maximum Gasteiger partial charge on any atom is 0.417 e. The average Bonchev–Trinajstić information content (AvgIpc) is 2.66. The van der Waals surface area contributed by atoms with Crippen LogP contribution in [0.25, 0.3) is 0 Å². The van der Waals surface area contributed by atoms with E-state index in [2.05, 4.69) is 9.64 Å². The molecule has 0 atom stereocenters. The van der Waals surface area contributed by atoms with Gasteiger partial charge in [0.1, 0.15) is 0 Å². The molecule has 0 aromatic rings. The van der Waals surface area contributed by atoms with Crippen LogP contribution >= 0.6 is 12.4 Å². The van der Waals surface area contributed by atoms with E-state index in [1.165, 1.54) is 7.11 Å². The first kappa shape index (κ1) is 17.7. The van der Waals surface area contributed by atoms with Crippen molar-refractivity contribution in [1.29, 1.82) is 0 Å². The molecule has 2 fully saturated rings. The Balaban J connectivity index is 0.00000220. The third-order valence-corrected chi connectivity index (χ3v) is 3.92. The molecule has 2 amide bonds. The summed E-state index contributed by atoms with van der Waals surface area (Å²) >= 11 is 0. The minimum absolute atomic E-state index is 0. The van der Waals surface area contributed by atoms with E-state index in [9.17, 15) is 14.4 Å². The molecule has 7 nitrogen and oxygen atoms in total. The van der Waals surface area contributed by atoms with Gasteiger partial charge in [-0.2, -0.15) is 0 Å². The van der Waals surface area contributed by atoms with Gasteiger partial charge in [-0.1, -0.05) is 0 Å². The topological polar surface area (TPSA) is 76.2 Å². The monoisotopic (exact) mass is 320 g/mol. The number of halogens is 1. The molecule has 2 aliphatic heterocycles. The van der Waals surface area contributed by atoms with Gasteiger partial charge in [-0.15, -0.1) is 12.4 Å². The van der Waals surface area contributed by atoms with Gasteiger partial charge in [0.25, 0.3) is 5.91 Å². The second kappa shape index (κ2) is 7.09. The van der Waals surface area contributed by atoms with Crippen LogP contribution in [-0.4, -0.2) is 67.2 Å². The van der Waals surface area contributed by atoms with Crippen molar-refractivity contribution in [2.24, 2.45) is 0 Å². The first-order valence-electron chi connectivity index (χ1n) is 6.79. The third-order valence-electron chi connectivity index (χ3n) is 3.92. The summed E-state index contributed by atoms with van der Waals surface area (Å²) in [4.78, 5) is 38.5. The molecule has 2 heterocycles. The fourth-order valence-corrected chi connectivity index (χ4v) is 2.57. The van der Waals surface area contributed by atoms with Crippen molar-refractivity contribution in [2.75, 3.05) is 33.8 Å². The van der Waals surface area contributed by atoms with Crippen molar-refractivity contribution in [3.05, 3.63) is 0 Å². The van der Waals surface area contributed by atoms with Gasteiger partial charge in [0.2, 0.25) is 0 Å². The Labute approximate surface area is 129 Å². The number of carbonyl (C=O) groups is 3. The predicted molar refractivity (Wildman–Crippen MR) is 76.2 cm³/mol. The Morgan fingerprint density at radius 2 is 1.95 bits per heavy atom. The number of ether oxygens (including phenoxy) is 2. The van der Waals surface area contributed by atoms with Crippen LogP contribution in [0.2, 0.25) is 0 Å². The van der Waals surface area contributed by atoms with Crippen LogP contribution < -0.4 is 0 Å². The molecule has 0 aromatic heterocycles. The SMILES string of the molecule is COC(=O)CCCN1C(=O)OC2(CCN(C)CC2)C1=O.Cl. The maximum absolute atomic E-state index is 12.4. The molecule has 1 spiro atoms. The van der Waals surface area contributed by atoms with Crippen LogP contribution in [0.15, 0.2) is 0 Å². The van der Waals surface area contributed by atoms with Crippen LogP contribution in [0.4, 0.5) is 4.79 Å². The Kier molecular flexibility index (Phi) is 5.98. The Morgan fingerprint density at radius 3 is 2.52 bits per heavy atom. The highest BCUT2D eigenvalue weighted by Crippen LogP contribution is 2.34. The zero-order chi connectivity index (χ0) is 14.8. The number of carbonyl (C=O) groups excluding carboxylic acids is 3. The van der Waals surface area contributed by atoms with E-state index in [-0.39, 0.29) is 37.2 Å². The molecular weight excluding hydrogens is 300 g/mol. The van der Waals surface area contributed by atoms with E-state index in [1.807, 2.05) is 7.05 Å². The summed E-state index contributed by atoms with van der Waals surface area (Å²) in [5.41, 5.74) is -0.977. The smallest absolute Gasteiger partial charge is 0.417 e.